The Bertz CT molecular complexity index is 477. The van der Waals surface area contributed by atoms with Gasteiger partial charge in [-0.3, -0.25) is 4.79 Å². The summed E-state index contributed by atoms with van der Waals surface area (Å²) in [7, 11) is 0. The molecular formula is C17H24BrNO2. The highest BCUT2D eigenvalue weighted by Crippen LogP contribution is 2.29. The van der Waals surface area contributed by atoms with Gasteiger partial charge in [0.15, 0.2) is 0 Å². The van der Waals surface area contributed by atoms with Gasteiger partial charge in [0.2, 0.25) is 5.91 Å². The highest BCUT2D eigenvalue weighted by atomic mass is 79.9. The maximum atomic E-state index is 12.4. The molecule has 1 aliphatic heterocycles. The van der Waals surface area contributed by atoms with Crippen LogP contribution in [0.2, 0.25) is 0 Å². The summed E-state index contributed by atoms with van der Waals surface area (Å²) >= 11 is 3.58. The highest BCUT2D eigenvalue weighted by molar-refractivity contribution is 9.09. The third-order valence-electron chi connectivity index (χ3n) is 4.67. The van der Waals surface area contributed by atoms with Crippen molar-refractivity contribution in [2.24, 2.45) is 11.3 Å². The Morgan fingerprint density at radius 1 is 1.38 bits per heavy atom. The van der Waals surface area contributed by atoms with Crippen LogP contribution in [0.3, 0.4) is 0 Å². The molecule has 0 fully saturated rings. The number of benzene rings is 1. The quantitative estimate of drug-likeness (QED) is 0.794. The van der Waals surface area contributed by atoms with Crippen LogP contribution in [-0.4, -0.2) is 24.4 Å². The Labute approximate surface area is 135 Å². The molecule has 0 spiro atoms. The van der Waals surface area contributed by atoms with Crippen LogP contribution in [0, 0.1) is 11.3 Å². The number of carbonyl (C=O) groups is 1. The predicted octanol–water partition coefficient (Wildman–Crippen LogP) is 3.56. The van der Waals surface area contributed by atoms with Gasteiger partial charge in [0, 0.05) is 11.9 Å². The van der Waals surface area contributed by atoms with Crippen molar-refractivity contribution in [1.29, 1.82) is 0 Å². The van der Waals surface area contributed by atoms with Crippen LogP contribution in [0.4, 0.5) is 0 Å². The van der Waals surface area contributed by atoms with Crippen molar-refractivity contribution in [2.75, 3.05) is 18.5 Å². The Morgan fingerprint density at radius 3 is 2.76 bits per heavy atom. The number of hydrogen-bond acceptors (Lipinski definition) is 2. The predicted molar refractivity (Wildman–Crippen MR) is 88.9 cm³/mol. The molecule has 3 nitrogen and oxygen atoms in total. The fourth-order valence-corrected chi connectivity index (χ4v) is 3.64. The molecule has 1 heterocycles. The fraction of sp³-hybridized carbons (Fsp3) is 0.588. The summed E-state index contributed by atoms with van der Waals surface area (Å²) in [5.74, 6) is 0.942. The van der Waals surface area contributed by atoms with Gasteiger partial charge < -0.3 is 10.1 Å². The zero-order valence-corrected chi connectivity index (χ0v) is 14.4. The summed E-state index contributed by atoms with van der Waals surface area (Å²) in [5.41, 5.74) is 1.28. The van der Waals surface area contributed by atoms with Crippen molar-refractivity contribution in [2.45, 2.75) is 33.1 Å². The molecule has 0 aliphatic carbocycles. The normalized spacial score (nSPS) is 17.8. The molecule has 1 aromatic carbocycles. The van der Waals surface area contributed by atoms with E-state index >= 15 is 0 Å². The number of carbonyl (C=O) groups excluding carboxylic acids is 1. The summed E-state index contributed by atoms with van der Waals surface area (Å²) in [6.45, 7) is 5.55. The van der Waals surface area contributed by atoms with Crippen LogP contribution in [0.1, 0.15) is 32.3 Å². The van der Waals surface area contributed by atoms with Gasteiger partial charge in [-0.25, -0.2) is 0 Å². The average molecular weight is 354 g/mol. The Hall–Kier alpha value is -1.03. The highest BCUT2D eigenvalue weighted by Gasteiger charge is 2.29. The zero-order chi connectivity index (χ0) is 15.3. The lowest BCUT2D eigenvalue weighted by Gasteiger charge is -2.31. The lowest BCUT2D eigenvalue weighted by atomic mass is 9.84. The lowest BCUT2D eigenvalue weighted by molar-refractivity contribution is -0.126. The second-order valence-electron chi connectivity index (χ2n) is 5.88. The van der Waals surface area contributed by atoms with Gasteiger partial charge in [-0.2, -0.15) is 0 Å². The second-order valence-corrected chi connectivity index (χ2v) is 6.44. The molecule has 21 heavy (non-hydrogen) atoms. The van der Waals surface area contributed by atoms with Gasteiger partial charge in [-0.05, 0) is 36.3 Å². The summed E-state index contributed by atoms with van der Waals surface area (Å²) in [5, 5.41) is 4.04. The van der Waals surface area contributed by atoms with E-state index in [4.69, 9.17) is 4.74 Å². The molecule has 0 aromatic heterocycles. The molecule has 0 saturated carbocycles. The van der Waals surface area contributed by atoms with E-state index in [1.165, 1.54) is 0 Å². The van der Waals surface area contributed by atoms with Crippen LogP contribution in [0.25, 0.3) is 0 Å². The Kier molecular flexibility index (Phi) is 5.68. The number of fused-ring (bicyclic) bond motifs is 1. The van der Waals surface area contributed by atoms with Crippen LogP contribution < -0.4 is 10.1 Å². The molecule has 1 unspecified atom stereocenters. The molecule has 1 atom stereocenters. The number of ether oxygens (including phenoxy) is 1. The third kappa shape index (κ3) is 3.79. The second kappa shape index (κ2) is 7.30. The smallest absolute Gasteiger partial charge is 0.226 e. The summed E-state index contributed by atoms with van der Waals surface area (Å²) in [4.78, 5) is 12.4. The first-order chi connectivity index (χ1) is 10.1. The van der Waals surface area contributed by atoms with E-state index in [9.17, 15) is 4.79 Å². The molecular weight excluding hydrogens is 330 g/mol. The lowest BCUT2D eigenvalue weighted by Crippen LogP contribution is -2.43. The molecule has 1 N–H and O–H groups in total. The van der Waals surface area contributed by atoms with Gasteiger partial charge >= 0.3 is 0 Å². The minimum Gasteiger partial charge on any atom is -0.492 e. The Morgan fingerprint density at radius 2 is 2.10 bits per heavy atom. The number of nitrogens with one attached hydrogen (secondary N) is 1. The van der Waals surface area contributed by atoms with Crippen molar-refractivity contribution in [3.63, 3.8) is 0 Å². The number of amides is 1. The molecule has 1 aromatic rings. The van der Waals surface area contributed by atoms with Crippen molar-refractivity contribution >= 4 is 21.8 Å². The standard InChI is InChI=1S/C17H24BrNO2/c1-3-17(4-2,11-18)12-19-16(20)14-9-13-7-5-6-8-15(13)21-10-14/h5-8,14H,3-4,9-12H2,1-2H3,(H,19,20). The number of alkyl halides is 1. The molecule has 0 radical (unpaired) electrons. The first-order valence-electron chi connectivity index (χ1n) is 7.68. The van der Waals surface area contributed by atoms with Gasteiger partial charge in [-0.15, -0.1) is 0 Å². The molecule has 0 saturated heterocycles. The SMILES string of the molecule is CCC(CC)(CBr)CNC(=O)C1COc2ccccc2C1. The molecule has 0 bridgehead atoms. The van der Waals surface area contributed by atoms with E-state index in [0.29, 0.717) is 6.61 Å². The van der Waals surface area contributed by atoms with E-state index in [0.717, 1.165) is 42.5 Å². The third-order valence-corrected chi connectivity index (χ3v) is 5.86. The van der Waals surface area contributed by atoms with E-state index in [-0.39, 0.29) is 17.2 Å². The first-order valence-corrected chi connectivity index (χ1v) is 8.80. The van der Waals surface area contributed by atoms with Crippen molar-refractivity contribution in [3.8, 4) is 5.75 Å². The van der Waals surface area contributed by atoms with Gasteiger partial charge in [-0.1, -0.05) is 48.0 Å². The van der Waals surface area contributed by atoms with Crippen LogP contribution in [0.15, 0.2) is 24.3 Å². The van der Waals surface area contributed by atoms with E-state index in [1.54, 1.807) is 0 Å². The van der Waals surface area contributed by atoms with Crippen molar-refractivity contribution < 1.29 is 9.53 Å². The van der Waals surface area contributed by atoms with Crippen LogP contribution >= 0.6 is 15.9 Å². The molecule has 1 amide bonds. The maximum absolute atomic E-state index is 12.4. The number of hydrogen-bond donors (Lipinski definition) is 1. The number of para-hydroxylation sites is 1. The van der Waals surface area contributed by atoms with E-state index in [2.05, 4.69) is 35.1 Å². The summed E-state index contributed by atoms with van der Waals surface area (Å²) in [6, 6.07) is 7.96. The minimum absolute atomic E-state index is 0.0818. The minimum atomic E-state index is -0.0818. The largest absolute Gasteiger partial charge is 0.492 e. The molecule has 1 aliphatic rings. The fourth-order valence-electron chi connectivity index (χ4n) is 2.65. The average Bonchev–Trinajstić information content (AvgIpc) is 2.56. The maximum Gasteiger partial charge on any atom is 0.226 e. The van der Waals surface area contributed by atoms with Gasteiger partial charge in [0.1, 0.15) is 12.4 Å². The topological polar surface area (TPSA) is 38.3 Å². The Balaban J connectivity index is 1.93. The van der Waals surface area contributed by atoms with Gasteiger partial charge in [0.05, 0.1) is 5.92 Å². The zero-order valence-electron chi connectivity index (χ0n) is 12.8. The number of halogens is 1. The van der Waals surface area contributed by atoms with Crippen molar-refractivity contribution in [3.05, 3.63) is 29.8 Å². The van der Waals surface area contributed by atoms with E-state index < -0.39 is 0 Å². The van der Waals surface area contributed by atoms with Gasteiger partial charge in [0.25, 0.3) is 0 Å². The van der Waals surface area contributed by atoms with E-state index in [1.807, 2.05) is 24.3 Å². The molecule has 4 heteroatoms. The van der Waals surface area contributed by atoms with Crippen LogP contribution in [-0.2, 0) is 11.2 Å². The molecule has 2 rings (SSSR count). The molecule has 116 valence electrons. The summed E-state index contributed by atoms with van der Waals surface area (Å²) < 4.78 is 5.70. The summed E-state index contributed by atoms with van der Waals surface area (Å²) in [6.07, 6.45) is 2.87. The monoisotopic (exact) mass is 353 g/mol. The van der Waals surface area contributed by atoms with Crippen LogP contribution in [0.5, 0.6) is 5.75 Å². The number of rotatable bonds is 6. The first kappa shape index (κ1) is 16.3. The van der Waals surface area contributed by atoms with Crippen molar-refractivity contribution in [1.82, 2.24) is 5.32 Å².